The Labute approximate surface area is 203 Å². The standard InChI is InChI=1S/C25H31N5O5/c1-5-27(6-2)18-9-11-19(12-10-18)29(15-22(26)31)23(32)16-30-21-14-17(24(33)35-4)8-13-20(21)28(7-3)25(30)34/h8-14H,5-7,15-16H2,1-4H3,(H2,26,31). The van der Waals surface area contributed by atoms with Crippen LogP contribution in [-0.2, 0) is 27.4 Å². The zero-order valence-electron chi connectivity index (χ0n) is 20.5. The number of nitrogens with two attached hydrogens (primary N) is 1. The SMILES string of the molecule is CCN(CC)c1ccc(N(CC(N)=O)C(=O)Cn2c(=O)n(CC)c3ccc(C(=O)OC)cc32)cc1. The predicted molar refractivity (Wildman–Crippen MR) is 135 cm³/mol. The summed E-state index contributed by atoms with van der Waals surface area (Å²) in [5.74, 6) is -1.72. The minimum atomic E-state index is -0.678. The van der Waals surface area contributed by atoms with Crippen molar-refractivity contribution in [3.8, 4) is 0 Å². The van der Waals surface area contributed by atoms with E-state index in [-0.39, 0.29) is 18.7 Å². The number of aryl methyl sites for hydroxylation is 1. The quantitative estimate of drug-likeness (QED) is 0.442. The van der Waals surface area contributed by atoms with E-state index in [9.17, 15) is 19.2 Å². The van der Waals surface area contributed by atoms with Gasteiger partial charge < -0.3 is 20.3 Å². The van der Waals surface area contributed by atoms with Crippen molar-refractivity contribution in [1.82, 2.24) is 9.13 Å². The van der Waals surface area contributed by atoms with Gasteiger partial charge >= 0.3 is 11.7 Å². The molecule has 3 aromatic rings. The third kappa shape index (κ3) is 5.21. The Morgan fingerprint density at radius 1 is 0.914 bits per heavy atom. The summed E-state index contributed by atoms with van der Waals surface area (Å²) in [6, 6.07) is 12.0. The predicted octanol–water partition coefficient (Wildman–Crippen LogP) is 1.97. The van der Waals surface area contributed by atoms with Crippen molar-refractivity contribution < 1.29 is 19.1 Å². The molecule has 0 fully saturated rings. The molecule has 2 N–H and O–H groups in total. The average Bonchev–Trinajstić information content (AvgIpc) is 3.12. The van der Waals surface area contributed by atoms with E-state index >= 15 is 0 Å². The summed E-state index contributed by atoms with van der Waals surface area (Å²) in [5.41, 5.74) is 7.79. The Morgan fingerprint density at radius 3 is 2.09 bits per heavy atom. The van der Waals surface area contributed by atoms with Crippen molar-refractivity contribution in [3.05, 3.63) is 58.5 Å². The molecular formula is C25H31N5O5. The molecule has 10 nitrogen and oxygen atoms in total. The van der Waals surface area contributed by atoms with E-state index in [2.05, 4.69) is 18.7 Å². The number of primary amides is 1. The van der Waals surface area contributed by atoms with E-state index in [1.807, 2.05) is 19.1 Å². The first-order valence-corrected chi connectivity index (χ1v) is 11.5. The molecule has 0 saturated heterocycles. The number of anilines is 2. The van der Waals surface area contributed by atoms with Crippen LogP contribution in [0.15, 0.2) is 47.3 Å². The molecule has 0 unspecified atom stereocenters. The Balaban J connectivity index is 2.02. The van der Waals surface area contributed by atoms with Gasteiger partial charge in [-0.15, -0.1) is 0 Å². The lowest BCUT2D eigenvalue weighted by atomic mass is 10.2. The van der Waals surface area contributed by atoms with Gasteiger partial charge in [-0.25, -0.2) is 9.59 Å². The Morgan fingerprint density at radius 2 is 1.54 bits per heavy atom. The van der Waals surface area contributed by atoms with Crippen molar-refractivity contribution >= 4 is 40.2 Å². The van der Waals surface area contributed by atoms with Gasteiger partial charge in [0.25, 0.3) is 0 Å². The van der Waals surface area contributed by atoms with Crippen molar-refractivity contribution in [2.75, 3.05) is 36.5 Å². The molecular weight excluding hydrogens is 450 g/mol. The van der Waals surface area contributed by atoms with E-state index in [4.69, 9.17) is 10.5 Å². The molecule has 0 spiro atoms. The van der Waals surface area contributed by atoms with Crippen LogP contribution in [-0.4, -0.2) is 53.7 Å². The number of rotatable bonds is 10. The molecule has 1 aromatic heterocycles. The topological polar surface area (TPSA) is 120 Å². The summed E-state index contributed by atoms with van der Waals surface area (Å²) in [6.45, 7) is 7.29. The van der Waals surface area contributed by atoms with Gasteiger partial charge in [0.05, 0.1) is 23.7 Å². The number of ether oxygens (including phenoxy) is 1. The number of benzene rings is 2. The van der Waals surface area contributed by atoms with Crippen LogP contribution in [0, 0.1) is 0 Å². The van der Waals surface area contributed by atoms with Crippen molar-refractivity contribution in [2.45, 2.75) is 33.9 Å². The molecule has 2 amide bonds. The van der Waals surface area contributed by atoms with Crippen LogP contribution in [0.25, 0.3) is 11.0 Å². The smallest absolute Gasteiger partial charge is 0.337 e. The summed E-state index contributed by atoms with van der Waals surface area (Å²) in [7, 11) is 1.27. The van der Waals surface area contributed by atoms with E-state index in [1.165, 1.54) is 27.2 Å². The molecule has 2 aromatic carbocycles. The molecule has 0 aliphatic carbocycles. The van der Waals surface area contributed by atoms with Crippen LogP contribution in [0.5, 0.6) is 0 Å². The van der Waals surface area contributed by atoms with Gasteiger partial charge in [-0.3, -0.25) is 18.7 Å². The third-order valence-corrected chi connectivity index (χ3v) is 5.95. The molecule has 10 heteroatoms. The molecule has 0 atom stereocenters. The first kappa shape index (κ1) is 25.5. The largest absolute Gasteiger partial charge is 0.465 e. The maximum atomic E-state index is 13.4. The minimum absolute atomic E-state index is 0.260. The second kappa shape index (κ2) is 10.9. The van der Waals surface area contributed by atoms with Crippen LogP contribution in [0.3, 0.4) is 0 Å². The fraction of sp³-hybridized carbons (Fsp3) is 0.360. The lowest BCUT2D eigenvalue weighted by Crippen LogP contribution is -2.41. The van der Waals surface area contributed by atoms with Gasteiger partial charge in [0.1, 0.15) is 13.1 Å². The van der Waals surface area contributed by atoms with Gasteiger partial charge in [-0.05, 0) is 63.2 Å². The second-order valence-corrected chi connectivity index (χ2v) is 7.94. The highest BCUT2D eigenvalue weighted by Gasteiger charge is 2.23. The Bertz CT molecular complexity index is 1290. The first-order chi connectivity index (χ1) is 16.7. The number of nitrogens with zero attached hydrogens (tertiary/aromatic N) is 4. The normalized spacial score (nSPS) is 10.9. The Hall–Kier alpha value is -4.08. The number of esters is 1. The highest BCUT2D eigenvalue weighted by molar-refractivity contribution is 5.99. The van der Waals surface area contributed by atoms with Crippen LogP contribution in [0.2, 0.25) is 0 Å². The Kier molecular flexibility index (Phi) is 7.95. The zero-order valence-corrected chi connectivity index (χ0v) is 20.5. The zero-order chi connectivity index (χ0) is 25.7. The second-order valence-electron chi connectivity index (χ2n) is 7.94. The number of fused-ring (bicyclic) bond motifs is 1. The van der Waals surface area contributed by atoms with Crippen LogP contribution >= 0.6 is 0 Å². The molecule has 0 aliphatic heterocycles. The summed E-state index contributed by atoms with van der Waals surface area (Å²) in [4.78, 5) is 53.8. The van der Waals surface area contributed by atoms with Gasteiger partial charge in [-0.1, -0.05) is 0 Å². The number of carbonyl (C=O) groups is 3. The van der Waals surface area contributed by atoms with E-state index in [0.717, 1.165) is 18.8 Å². The van der Waals surface area contributed by atoms with Crippen molar-refractivity contribution in [3.63, 3.8) is 0 Å². The van der Waals surface area contributed by atoms with Gasteiger partial charge in [0.2, 0.25) is 11.8 Å². The fourth-order valence-electron chi connectivity index (χ4n) is 4.15. The van der Waals surface area contributed by atoms with Gasteiger partial charge in [0, 0.05) is 31.0 Å². The summed E-state index contributed by atoms with van der Waals surface area (Å²) in [6.07, 6.45) is 0. The number of methoxy groups -OCH3 is 1. The number of imidazole rings is 1. The van der Waals surface area contributed by atoms with Crippen molar-refractivity contribution in [1.29, 1.82) is 0 Å². The van der Waals surface area contributed by atoms with E-state index in [0.29, 0.717) is 23.3 Å². The highest BCUT2D eigenvalue weighted by atomic mass is 16.5. The molecule has 1 heterocycles. The molecule has 3 rings (SSSR count). The summed E-state index contributed by atoms with van der Waals surface area (Å²) in [5, 5.41) is 0. The fourth-order valence-corrected chi connectivity index (χ4v) is 4.15. The lowest BCUT2D eigenvalue weighted by molar-refractivity contribution is -0.122. The average molecular weight is 482 g/mol. The van der Waals surface area contributed by atoms with Crippen LogP contribution < -0.4 is 21.2 Å². The number of amides is 2. The number of aromatic nitrogens is 2. The molecule has 35 heavy (non-hydrogen) atoms. The summed E-state index contributed by atoms with van der Waals surface area (Å²) >= 11 is 0. The third-order valence-electron chi connectivity index (χ3n) is 5.95. The lowest BCUT2D eigenvalue weighted by Gasteiger charge is -2.24. The monoisotopic (exact) mass is 481 g/mol. The van der Waals surface area contributed by atoms with Gasteiger partial charge in [-0.2, -0.15) is 0 Å². The number of hydrogen-bond donors (Lipinski definition) is 1. The molecule has 186 valence electrons. The van der Waals surface area contributed by atoms with Crippen LogP contribution in [0.4, 0.5) is 11.4 Å². The minimum Gasteiger partial charge on any atom is -0.465 e. The van der Waals surface area contributed by atoms with Gasteiger partial charge in [0.15, 0.2) is 0 Å². The molecule has 0 radical (unpaired) electrons. The van der Waals surface area contributed by atoms with Crippen LogP contribution in [0.1, 0.15) is 31.1 Å². The number of hydrogen-bond acceptors (Lipinski definition) is 6. The number of carbonyl (C=O) groups excluding carboxylic acids is 3. The van der Waals surface area contributed by atoms with E-state index in [1.54, 1.807) is 24.3 Å². The molecule has 0 saturated carbocycles. The first-order valence-electron chi connectivity index (χ1n) is 11.5. The maximum Gasteiger partial charge on any atom is 0.337 e. The highest BCUT2D eigenvalue weighted by Crippen LogP contribution is 2.22. The maximum absolute atomic E-state index is 13.4. The molecule has 0 bridgehead atoms. The van der Waals surface area contributed by atoms with Crippen molar-refractivity contribution in [2.24, 2.45) is 5.73 Å². The van der Waals surface area contributed by atoms with E-state index < -0.39 is 23.5 Å². The summed E-state index contributed by atoms with van der Waals surface area (Å²) < 4.78 is 7.60. The molecule has 0 aliphatic rings.